The Bertz CT molecular complexity index is 992. The first-order valence-corrected chi connectivity index (χ1v) is 9.84. The SMILES string of the molecule is COC[C@H](C)n1c(C)cc(C(=O)CSc2nnc3nc(C)cc(C)n23)c1C. The minimum Gasteiger partial charge on any atom is -0.383 e. The van der Waals surface area contributed by atoms with Gasteiger partial charge in [0, 0.05) is 35.4 Å². The Hall–Kier alpha value is -2.19. The molecule has 8 heteroatoms. The van der Waals surface area contributed by atoms with Gasteiger partial charge in [0.05, 0.1) is 18.4 Å². The van der Waals surface area contributed by atoms with Crippen LogP contribution in [-0.4, -0.2) is 49.4 Å². The van der Waals surface area contributed by atoms with Crippen LogP contribution < -0.4 is 0 Å². The van der Waals surface area contributed by atoms with Gasteiger partial charge in [-0.15, -0.1) is 10.2 Å². The number of carbonyl (C=O) groups is 1. The van der Waals surface area contributed by atoms with Gasteiger partial charge in [-0.2, -0.15) is 0 Å². The third-order valence-corrected chi connectivity index (χ3v) is 5.56. The highest BCUT2D eigenvalue weighted by molar-refractivity contribution is 7.99. The molecule has 0 N–H and O–H groups in total. The number of fused-ring (bicyclic) bond motifs is 1. The molecule has 0 bridgehead atoms. The molecule has 0 aromatic carbocycles. The summed E-state index contributed by atoms with van der Waals surface area (Å²) in [5.74, 6) is 0.948. The number of aromatic nitrogens is 5. The van der Waals surface area contributed by atoms with Crippen LogP contribution in [0.25, 0.3) is 5.78 Å². The van der Waals surface area contributed by atoms with E-state index >= 15 is 0 Å². The molecule has 0 saturated carbocycles. The van der Waals surface area contributed by atoms with Gasteiger partial charge in [-0.25, -0.2) is 4.98 Å². The quantitative estimate of drug-likeness (QED) is 0.457. The number of hydrogen-bond donors (Lipinski definition) is 0. The molecular formula is C19H25N5O2S. The Morgan fingerprint density at radius 3 is 2.63 bits per heavy atom. The molecule has 144 valence electrons. The molecule has 0 fully saturated rings. The second-order valence-electron chi connectivity index (χ2n) is 6.83. The van der Waals surface area contributed by atoms with Crippen LogP contribution in [-0.2, 0) is 4.74 Å². The lowest BCUT2D eigenvalue weighted by molar-refractivity contribution is 0.102. The van der Waals surface area contributed by atoms with Crippen LogP contribution in [0.5, 0.6) is 0 Å². The molecule has 1 atom stereocenters. The highest BCUT2D eigenvalue weighted by Crippen LogP contribution is 2.24. The smallest absolute Gasteiger partial charge is 0.256 e. The van der Waals surface area contributed by atoms with E-state index in [9.17, 15) is 4.79 Å². The van der Waals surface area contributed by atoms with Crippen molar-refractivity contribution in [3.63, 3.8) is 0 Å². The Balaban J connectivity index is 1.80. The number of methoxy groups -OCH3 is 1. The number of carbonyl (C=O) groups excluding carboxylic acids is 1. The lowest BCUT2D eigenvalue weighted by Crippen LogP contribution is -2.14. The van der Waals surface area contributed by atoms with Gasteiger partial charge >= 0.3 is 0 Å². The van der Waals surface area contributed by atoms with E-state index in [1.54, 1.807) is 7.11 Å². The molecule has 0 aliphatic rings. The van der Waals surface area contributed by atoms with Crippen molar-refractivity contribution >= 4 is 23.3 Å². The van der Waals surface area contributed by atoms with E-state index in [-0.39, 0.29) is 11.8 Å². The van der Waals surface area contributed by atoms with Crippen LogP contribution in [0.4, 0.5) is 0 Å². The molecule has 27 heavy (non-hydrogen) atoms. The summed E-state index contributed by atoms with van der Waals surface area (Å²) in [5.41, 5.74) is 4.69. The summed E-state index contributed by atoms with van der Waals surface area (Å²) in [6.07, 6.45) is 0. The first-order chi connectivity index (χ1) is 12.8. The number of rotatable bonds is 7. The van der Waals surface area contributed by atoms with Crippen molar-refractivity contribution in [1.29, 1.82) is 0 Å². The van der Waals surface area contributed by atoms with Crippen molar-refractivity contribution < 1.29 is 9.53 Å². The van der Waals surface area contributed by atoms with Gasteiger partial charge in [0.1, 0.15) is 0 Å². The minimum absolute atomic E-state index is 0.0819. The van der Waals surface area contributed by atoms with E-state index < -0.39 is 0 Å². The number of nitrogens with zero attached hydrogens (tertiary/aromatic N) is 5. The number of ether oxygens (including phenoxy) is 1. The van der Waals surface area contributed by atoms with Crippen molar-refractivity contribution in [2.45, 2.75) is 45.8 Å². The fourth-order valence-electron chi connectivity index (χ4n) is 3.55. The average molecular weight is 388 g/mol. The third kappa shape index (κ3) is 3.77. The largest absolute Gasteiger partial charge is 0.383 e. The van der Waals surface area contributed by atoms with Crippen LogP contribution in [0.15, 0.2) is 17.3 Å². The van der Waals surface area contributed by atoms with Crippen LogP contribution in [0, 0.1) is 27.7 Å². The highest BCUT2D eigenvalue weighted by atomic mass is 32.2. The van der Waals surface area contributed by atoms with Gasteiger partial charge in [-0.1, -0.05) is 11.8 Å². The lowest BCUT2D eigenvalue weighted by Gasteiger charge is -2.17. The van der Waals surface area contributed by atoms with Crippen LogP contribution in [0.3, 0.4) is 0 Å². The molecule has 3 aromatic rings. The van der Waals surface area contributed by atoms with E-state index in [0.29, 0.717) is 23.3 Å². The predicted octanol–water partition coefficient (Wildman–Crippen LogP) is 3.34. The summed E-state index contributed by atoms with van der Waals surface area (Å²) in [6.45, 7) is 10.6. The number of hydrogen-bond acceptors (Lipinski definition) is 6. The number of aryl methyl sites for hydroxylation is 3. The van der Waals surface area contributed by atoms with E-state index in [2.05, 4.69) is 26.7 Å². The van der Waals surface area contributed by atoms with E-state index in [4.69, 9.17) is 4.74 Å². The zero-order chi connectivity index (χ0) is 19.7. The monoisotopic (exact) mass is 387 g/mol. The van der Waals surface area contributed by atoms with Crippen LogP contribution in [0.1, 0.15) is 46.1 Å². The van der Waals surface area contributed by atoms with Gasteiger partial charge in [0.25, 0.3) is 5.78 Å². The lowest BCUT2D eigenvalue weighted by atomic mass is 10.2. The van der Waals surface area contributed by atoms with Crippen molar-refractivity contribution in [1.82, 2.24) is 24.1 Å². The van der Waals surface area contributed by atoms with Gasteiger partial charge < -0.3 is 9.30 Å². The Morgan fingerprint density at radius 1 is 1.19 bits per heavy atom. The standard InChI is InChI=1S/C19H25N5O2S/c1-11-7-12(2)24-18(20-11)21-22-19(24)27-10-17(25)16-8-13(3)23(15(16)5)14(4)9-26-6/h7-8,14H,9-10H2,1-6H3/t14-/m0/s1. The highest BCUT2D eigenvalue weighted by Gasteiger charge is 2.20. The van der Waals surface area contributed by atoms with Crippen molar-refractivity contribution in [2.75, 3.05) is 19.5 Å². The van der Waals surface area contributed by atoms with Crippen molar-refractivity contribution in [2.24, 2.45) is 0 Å². The Kier molecular flexibility index (Phi) is 5.67. The van der Waals surface area contributed by atoms with Crippen LogP contribution >= 0.6 is 11.8 Å². The van der Waals surface area contributed by atoms with E-state index in [1.165, 1.54) is 11.8 Å². The summed E-state index contributed by atoms with van der Waals surface area (Å²) in [5, 5.41) is 9.01. The Labute approximate surface area is 163 Å². The summed E-state index contributed by atoms with van der Waals surface area (Å²) in [6, 6.07) is 4.12. The number of Topliss-reactive ketones (excluding diaryl/α,β-unsaturated/α-hetero) is 1. The summed E-state index contributed by atoms with van der Waals surface area (Å²) < 4.78 is 9.30. The molecule has 3 heterocycles. The number of ketones is 1. The van der Waals surface area contributed by atoms with E-state index in [0.717, 1.165) is 28.3 Å². The minimum atomic E-state index is 0.0819. The molecule has 3 aromatic heterocycles. The maximum Gasteiger partial charge on any atom is 0.256 e. The van der Waals surface area contributed by atoms with Gasteiger partial charge in [0.2, 0.25) is 0 Å². The van der Waals surface area contributed by atoms with Crippen LogP contribution in [0.2, 0.25) is 0 Å². The molecule has 0 unspecified atom stereocenters. The summed E-state index contributed by atoms with van der Waals surface area (Å²) >= 11 is 1.39. The second kappa shape index (κ2) is 7.82. The van der Waals surface area contributed by atoms with Gasteiger partial charge in [-0.05, 0) is 46.8 Å². The second-order valence-corrected chi connectivity index (χ2v) is 7.77. The van der Waals surface area contributed by atoms with Crippen molar-refractivity contribution in [3.8, 4) is 0 Å². The fraction of sp³-hybridized carbons (Fsp3) is 0.474. The number of thioether (sulfide) groups is 1. The van der Waals surface area contributed by atoms with Crippen molar-refractivity contribution in [3.05, 3.63) is 40.5 Å². The fourth-order valence-corrected chi connectivity index (χ4v) is 4.42. The average Bonchev–Trinajstić information content (AvgIpc) is 3.13. The first kappa shape index (κ1) is 19.6. The molecule has 0 aliphatic heterocycles. The summed E-state index contributed by atoms with van der Waals surface area (Å²) in [4.78, 5) is 17.2. The summed E-state index contributed by atoms with van der Waals surface area (Å²) in [7, 11) is 1.69. The third-order valence-electron chi connectivity index (χ3n) is 4.63. The van der Waals surface area contributed by atoms with E-state index in [1.807, 2.05) is 44.2 Å². The molecule has 0 amide bonds. The molecule has 7 nitrogen and oxygen atoms in total. The molecule has 3 rings (SSSR count). The topological polar surface area (TPSA) is 74.3 Å². The molecule has 0 aliphatic carbocycles. The van der Waals surface area contributed by atoms with Gasteiger partial charge in [-0.3, -0.25) is 9.20 Å². The normalized spacial score (nSPS) is 12.7. The zero-order valence-corrected chi connectivity index (χ0v) is 17.4. The molecule has 0 spiro atoms. The molecule has 0 radical (unpaired) electrons. The maximum atomic E-state index is 12.8. The maximum absolute atomic E-state index is 12.8. The van der Waals surface area contributed by atoms with Gasteiger partial charge in [0.15, 0.2) is 10.9 Å². The predicted molar refractivity (Wildman–Crippen MR) is 106 cm³/mol. The Morgan fingerprint density at radius 2 is 1.93 bits per heavy atom. The molecule has 0 saturated heterocycles. The first-order valence-electron chi connectivity index (χ1n) is 8.86. The molecular weight excluding hydrogens is 362 g/mol. The zero-order valence-electron chi connectivity index (χ0n) is 16.6.